The number of amides is 1. The van der Waals surface area contributed by atoms with Gasteiger partial charge in [0.15, 0.2) is 6.61 Å². The van der Waals surface area contributed by atoms with Crippen LogP contribution in [0.2, 0.25) is 0 Å². The second-order valence-electron chi connectivity index (χ2n) is 4.37. The first kappa shape index (κ1) is 13.8. The highest BCUT2D eigenvalue weighted by molar-refractivity contribution is 5.92. The van der Waals surface area contributed by atoms with Gasteiger partial charge in [-0.25, -0.2) is 4.79 Å². The number of nitrogens with one attached hydrogen (secondary N) is 1. The molecule has 1 aromatic carbocycles. The molecule has 0 aliphatic heterocycles. The molecule has 0 saturated heterocycles. The van der Waals surface area contributed by atoms with Crippen LogP contribution < -0.4 is 10.1 Å². The zero-order chi connectivity index (χ0) is 14.7. The molecule has 0 radical (unpaired) electrons. The minimum absolute atomic E-state index is 0.0750. The molecule has 0 spiro atoms. The number of ether oxygens (including phenoxy) is 1. The zero-order valence-corrected chi connectivity index (χ0v) is 10.4. The SMILES string of the molecule is O=C(COc1ccc([N+](=O)[O-])cc1C(=O)O)NC1CC1. The number of carboxylic acids is 1. The highest BCUT2D eigenvalue weighted by Crippen LogP contribution is 2.24. The van der Waals surface area contributed by atoms with Crippen LogP contribution in [-0.4, -0.2) is 34.6 Å². The van der Waals surface area contributed by atoms with Crippen LogP contribution in [0.5, 0.6) is 5.75 Å². The molecule has 1 amide bonds. The number of aromatic carboxylic acids is 1. The van der Waals surface area contributed by atoms with Crippen LogP contribution in [0.4, 0.5) is 5.69 Å². The van der Waals surface area contributed by atoms with Crippen molar-refractivity contribution >= 4 is 17.6 Å². The number of benzene rings is 1. The predicted molar refractivity (Wildman–Crippen MR) is 66.7 cm³/mol. The van der Waals surface area contributed by atoms with E-state index in [0.29, 0.717) is 0 Å². The molecule has 0 atom stereocenters. The number of non-ortho nitro benzene ring substituents is 1. The van der Waals surface area contributed by atoms with Crippen molar-refractivity contribution in [2.45, 2.75) is 18.9 Å². The summed E-state index contributed by atoms with van der Waals surface area (Å²) >= 11 is 0. The van der Waals surface area contributed by atoms with Crippen LogP contribution >= 0.6 is 0 Å². The van der Waals surface area contributed by atoms with E-state index in [1.54, 1.807) is 0 Å². The molecule has 2 N–H and O–H groups in total. The maximum Gasteiger partial charge on any atom is 0.339 e. The maximum atomic E-state index is 11.4. The van der Waals surface area contributed by atoms with Gasteiger partial charge in [0.25, 0.3) is 11.6 Å². The van der Waals surface area contributed by atoms with Gasteiger partial charge in [0.1, 0.15) is 11.3 Å². The molecule has 8 heteroatoms. The summed E-state index contributed by atoms with van der Waals surface area (Å²) in [6.07, 6.45) is 1.87. The van der Waals surface area contributed by atoms with Gasteiger partial charge in [0, 0.05) is 18.2 Å². The molecule has 0 aromatic heterocycles. The lowest BCUT2D eigenvalue weighted by molar-refractivity contribution is -0.384. The van der Waals surface area contributed by atoms with E-state index in [1.165, 1.54) is 6.07 Å². The summed E-state index contributed by atoms with van der Waals surface area (Å²) in [4.78, 5) is 32.3. The van der Waals surface area contributed by atoms with E-state index in [4.69, 9.17) is 9.84 Å². The lowest BCUT2D eigenvalue weighted by Gasteiger charge is -2.09. The van der Waals surface area contributed by atoms with Crippen molar-refractivity contribution in [2.75, 3.05) is 6.61 Å². The first-order valence-corrected chi connectivity index (χ1v) is 5.91. The predicted octanol–water partition coefficient (Wildman–Crippen LogP) is 0.950. The molecular formula is C12H12N2O6. The van der Waals surface area contributed by atoms with E-state index in [0.717, 1.165) is 25.0 Å². The van der Waals surface area contributed by atoms with Crippen molar-refractivity contribution in [2.24, 2.45) is 0 Å². The second kappa shape index (κ2) is 5.55. The van der Waals surface area contributed by atoms with Gasteiger partial charge >= 0.3 is 5.97 Å². The minimum atomic E-state index is -1.36. The van der Waals surface area contributed by atoms with Crippen molar-refractivity contribution in [1.82, 2.24) is 5.32 Å². The molecule has 1 aromatic rings. The Morgan fingerprint density at radius 2 is 2.15 bits per heavy atom. The largest absolute Gasteiger partial charge is 0.483 e. The highest BCUT2D eigenvalue weighted by atomic mass is 16.6. The topological polar surface area (TPSA) is 119 Å². The first-order valence-electron chi connectivity index (χ1n) is 5.91. The molecule has 1 aliphatic carbocycles. The lowest BCUT2D eigenvalue weighted by atomic mass is 10.2. The number of hydrogen-bond acceptors (Lipinski definition) is 5. The lowest BCUT2D eigenvalue weighted by Crippen LogP contribution is -2.30. The van der Waals surface area contributed by atoms with Crippen LogP contribution in [0, 0.1) is 10.1 Å². The van der Waals surface area contributed by atoms with Crippen molar-refractivity contribution in [3.05, 3.63) is 33.9 Å². The van der Waals surface area contributed by atoms with Crippen molar-refractivity contribution in [3.8, 4) is 5.75 Å². The molecular weight excluding hydrogens is 268 g/mol. The van der Waals surface area contributed by atoms with E-state index in [1.807, 2.05) is 0 Å². The molecule has 0 bridgehead atoms. The third-order valence-electron chi connectivity index (χ3n) is 2.71. The number of carbonyl (C=O) groups excluding carboxylic acids is 1. The Balaban J connectivity index is 2.07. The molecule has 0 heterocycles. The molecule has 106 valence electrons. The average Bonchev–Trinajstić information content (AvgIpc) is 3.19. The fraction of sp³-hybridized carbons (Fsp3) is 0.333. The molecule has 2 rings (SSSR count). The van der Waals surface area contributed by atoms with Crippen LogP contribution in [0.3, 0.4) is 0 Å². The van der Waals surface area contributed by atoms with Gasteiger partial charge in [-0.2, -0.15) is 0 Å². The van der Waals surface area contributed by atoms with Gasteiger partial charge in [-0.3, -0.25) is 14.9 Å². The summed E-state index contributed by atoms with van der Waals surface area (Å²) in [6, 6.07) is 3.38. The summed E-state index contributed by atoms with van der Waals surface area (Å²) < 4.78 is 5.11. The number of carboxylic acid groups (broad SMARTS) is 1. The van der Waals surface area contributed by atoms with Crippen LogP contribution in [0.15, 0.2) is 18.2 Å². The summed E-state index contributed by atoms with van der Waals surface area (Å²) in [7, 11) is 0. The fourth-order valence-electron chi connectivity index (χ4n) is 1.56. The number of carbonyl (C=O) groups is 2. The smallest absolute Gasteiger partial charge is 0.339 e. The Hall–Kier alpha value is -2.64. The summed E-state index contributed by atoms with van der Waals surface area (Å²) in [5.74, 6) is -1.78. The van der Waals surface area contributed by atoms with E-state index in [-0.39, 0.29) is 35.6 Å². The van der Waals surface area contributed by atoms with Gasteiger partial charge in [-0.1, -0.05) is 0 Å². The molecule has 0 unspecified atom stereocenters. The van der Waals surface area contributed by atoms with E-state index < -0.39 is 10.9 Å². The van der Waals surface area contributed by atoms with Crippen LogP contribution in [-0.2, 0) is 4.79 Å². The van der Waals surface area contributed by atoms with E-state index in [2.05, 4.69) is 5.32 Å². The third-order valence-corrected chi connectivity index (χ3v) is 2.71. The molecule has 20 heavy (non-hydrogen) atoms. The molecule has 1 saturated carbocycles. The van der Waals surface area contributed by atoms with Crippen LogP contribution in [0.1, 0.15) is 23.2 Å². The molecule has 1 fully saturated rings. The Morgan fingerprint density at radius 3 is 2.70 bits per heavy atom. The van der Waals surface area contributed by atoms with Gasteiger partial charge < -0.3 is 15.2 Å². The number of nitrogens with zero attached hydrogens (tertiary/aromatic N) is 1. The summed E-state index contributed by atoms with van der Waals surface area (Å²) in [5.41, 5.74) is -0.699. The minimum Gasteiger partial charge on any atom is -0.483 e. The molecule has 8 nitrogen and oxygen atoms in total. The Labute approximate surface area is 113 Å². The Kier molecular flexibility index (Phi) is 3.83. The fourth-order valence-corrected chi connectivity index (χ4v) is 1.56. The third kappa shape index (κ3) is 3.44. The quantitative estimate of drug-likeness (QED) is 0.591. The number of nitro groups is 1. The van der Waals surface area contributed by atoms with Crippen molar-refractivity contribution in [1.29, 1.82) is 0 Å². The summed E-state index contributed by atoms with van der Waals surface area (Å²) in [6.45, 7) is -0.325. The number of rotatable bonds is 6. The Morgan fingerprint density at radius 1 is 1.45 bits per heavy atom. The van der Waals surface area contributed by atoms with Crippen LogP contribution in [0.25, 0.3) is 0 Å². The zero-order valence-electron chi connectivity index (χ0n) is 10.4. The van der Waals surface area contributed by atoms with Gasteiger partial charge in [-0.05, 0) is 18.9 Å². The van der Waals surface area contributed by atoms with Gasteiger partial charge in [0.2, 0.25) is 0 Å². The maximum absolute atomic E-state index is 11.4. The standard InChI is InChI=1S/C12H12N2O6/c15-11(13-7-1-2-7)6-20-10-4-3-8(14(18)19)5-9(10)12(16)17/h3-5,7H,1-2,6H2,(H,13,15)(H,16,17). The van der Waals surface area contributed by atoms with E-state index in [9.17, 15) is 19.7 Å². The molecule has 1 aliphatic rings. The van der Waals surface area contributed by atoms with Crippen molar-refractivity contribution < 1.29 is 24.4 Å². The summed E-state index contributed by atoms with van der Waals surface area (Å²) in [5, 5.41) is 22.3. The monoisotopic (exact) mass is 280 g/mol. The van der Waals surface area contributed by atoms with Gasteiger partial charge in [-0.15, -0.1) is 0 Å². The average molecular weight is 280 g/mol. The first-order chi connectivity index (χ1) is 9.47. The van der Waals surface area contributed by atoms with E-state index >= 15 is 0 Å². The normalized spacial score (nSPS) is 13.6. The number of nitro benzene ring substituents is 1. The highest BCUT2D eigenvalue weighted by Gasteiger charge is 2.24. The Bertz CT molecular complexity index is 567. The van der Waals surface area contributed by atoms with Gasteiger partial charge in [0.05, 0.1) is 4.92 Å². The van der Waals surface area contributed by atoms with Crippen molar-refractivity contribution in [3.63, 3.8) is 0 Å². The second-order valence-corrected chi connectivity index (χ2v) is 4.37. The number of hydrogen-bond donors (Lipinski definition) is 2.